The third-order valence-electron chi connectivity index (χ3n) is 4.87. The average Bonchev–Trinajstić information content (AvgIpc) is 3.29. The standard InChI is InChI=1S/C22H18N2O6/c1-12-10-17(23-30-12)24-19(14-8-9-15(25)16(11-14)29-2)18(21(27)22(24)28)20(26)13-6-4-3-5-7-13/h3-11,19,25-26H,1-2H3. The number of aliphatic hydroxyl groups is 1. The summed E-state index contributed by atoms with van der Waals surface area (Å²) in [5.41, 5.74) is 0.740. The van der Waals surface area contributed by atoms with E-state index in [0.717, 1.165) is 0 Å². The quantitative estimate of drug-likeness (QED) is 0.388. The monoisotopic (exact) mass is 406 g/mol. The SMILES string of the molecule is COc1cc(C2C(=C(O)c3ccccc3)C(=O)C(=O)N2c2cc(C)on2)ccc1O. The number of ether oxygens (including phenoxy) is 1. The molecule has 1 amide bonds. The van der Waals surface area contributed by atoms with Crippen LogP contribution in [-0.4, -0.2) is 34.2 Å². The van der Waals surface area contributed by atoms with Crippen molar-refractivity contribution in [2.45, 2.75) is 13.0 Å². The minimum atomic E-state index is -0.996. The van der Waals surface area contributed by atoms with Crippen molar-refractivity contribution >= 4 is 23.3 Å². The van der Waals surface area contributed by atoms with Crippen molar-refractivity contribution in [3.63, 3.8) is 0 Å². The number of benzene rings is 2. The summed E-state index contributed by atoms with van der Waals surface area (Å²) in [7, 11) is 1.39. The zero-order valence-corrected chi connectivity index (χ0v) is 16.2. The Balaban J connectivity index is 1.97. The molecule has 0 spiro atoms. The van der Waals surface area contributed by atoms with Gasteiger partial charge in [0.15, 0.2) is 17.3 Å². The van der Waals surface area contributed by atoms with E-state index in [1.807, 2.05) is 0 Å². The first-order valence-electron chi connectivity index (χ1n) is 9.09. The number of carbonyl (C=O) groups is 2. The highest BCUT2D eigenvalue weighted by Gasteiger charge is 2.48. The Hall–Kier alpha value is -4.07. The number of anilines is 1. The Morgan fingerprint density at radius 1 is 1.13 bits per heavy atom. The molecule has 2 aromatic carbocycles. The second kappa shape index (κ2) is 7.40. The van der Waals surface area contributed by atoms with E-state index in [1.54, 1.807) is 43.3 Å². The van der Waals surface area contributed by atoms with E-state index in [9.17, 15) is 19.8 Å². The van der Waals surface area contributed by atoms with Crippen molar-refractivity contribution in [3.8, 4) is 11.5 Å². The Bertz CT molecular complexity index is 1170. The first kappa shape index (κ1) is 19.3. The third-order valence-corrected chi connectivity index (χ3v) is 4.87. The van der Waals surface area contributed by atoms with Crippen LogP contribution < -0.4 is 9.64 Å². The van der Waals surface area contributed by atoms with Crippen LogP contribution in [0.1, 0.15) is 22.9 Å². The number of amides is 1. The molecule has 1 atom stereocenters. The maximum absolute atomic E-state index is 13.0. The lowest BCUT2D eigenvalue weighted by atomic mass is 9.95. The minimum absolute atomic E-state index is 0.0976. The number of aromatic nitrogens is 1. The molecule has 1 unspecified atom stereocenters. The highest BCUT2D eigenvalue weighted by atomic mass is 16.5. The van der Waals surface area contributed by atoms with Crippen molar-refractivity contribution in [2.75, 3.05) is 12.0 Å². The van der Waals surface area contributed by atoms with E-state index >= 15 is 0 Å². The van der Waals surface area contributed by atoms with Gasteiger partial charge < -0.3 is 19.5 Å². The van der Waals surface area contributed by atoms with Crippen molar-refractivity contribution in [1.29, 1.82) is 0 Å². The number of nitrogens with zero attached hydrogens (tertiary/aromatic N) is 2. The van der Waals surface area contributed by atoms with Gasteiger partial charge in [-0.15, -0.1) is 0 Å². The number of Topliss-reactive ketones (excluding diaryl/α,β-unsaturated/α-hetero) is 1. The van der Waals surface area contributed by atoms with Crippen molar-refractivity contribution < 1.29 is 29.1 Å². The van der Waals surface area contributed by atoms with Gasteiger partial charge in [-0.3, -0.25) is 14.5 Å². The summed E-state index contributed by atoms with van der Waals surface area (Å²) in [6.45, 7) is 1.66. The zero-order chi connectivity index (χ0) is 21.4. The molecular formula is C22H18N2O6. The van der Waals surface area contributed by atoms with Gasteiger partial charge in [0.2, 0.25) is 0 Å². The molecule has 8 nitrogen and oxygen atoms in total. The second-order valence-corrected chi connectivity index (χ2v) is 6.76. The number of aliphatic hydroxyl groups excluding tert-OH is 1. The van der Waals surface area contributed by atoms with Crippen LogP contribution in [0.3, 0.4) is 0 Å². The first-order chi connectivity index (χ1) is 14.4. The number of hydrogen-bond donors (Lipinski definition) is 2. The average molecular weight is 406 g/mol. The van der Waals surface area contributed by atoms with Crippen LogP contribution in [0.15, 0.2) is 64.7 Å². The largest absolute Gasteiger partial charge is 0.507 e. The number of methoxy groups -OCH3 is 1. The smallest absolute Gasteiger partial charge is 0.301 e. The van der Waals surface area contributed by atoms with Crippen LogP contribution in [0.2, 0.25) is 0 Å². The molecule has 1 saturated heterocycles. The summed E-state index contributed by atoms with van der Waals surface area (Å²) in [5, 5.41) is 24.8. The van der Waals surface area contributed by atoms with Gasteiger partial charge in [0.05, 0.1) is 18.7 Å². The summed E-state index contributed by atoms with van der Waals surface area (Å²) in [4.78, 5) is 27.1. The Kier molecular flexibility index (Phi) is 4.75. The number of aryl methyl sites for hydroxylation is 1. The van der Waals surface area contributed by atoms with Crippen LogP contribution in [-0.2, 0) is 9.59 Å². The van der Waals surface area contributed by atoms with Crippen LogP contribution in [0.4, 0.5) is 5.82 Å². The Labute approximate surface area is 171 Å². The molecule has 0 radical (unpaired) electrons. The van der Waals surface area contributed by atoms with Crippen LogP contribution >= 0.6 is 0 Å². The molecule has 0 aliphatic carbocycles. The number of phenols is 1. The number of rotatable bonds is 4. The molecular weight excluding hydrogens is 388 g/mol. The van der Waals surface area contributed by atoms with Crippen LogP contribution in [0.25, 0.3) is 5.76 Å². The molecule has 3 aromatic rings. The highest BCUT2D eigenvalue weighted by molar-refractivity contribution is 6.51. The van der Waals surface area contributed by atoms with E-state index in [0.29, 0.717) is 16.9 Å². The number of hydrogen-bond acceptors (Lipinski definition) is 7. The summed E-state index contributed by atoms with van der Waals surface area (Å²) in [6.07, 6.45) is 0. The van der Waals surface area contributed by atoms with Gasteiger partial charge >= 0.3 is 5.91 Å². The van der Waals surface area contributed by atoms with Gasteiger partial charge in [0.25, 0.3) is 5.78 Å². The predicted octanol–water partition coefficient (Wildman–Crippen LogP) is 3.32. The van der Waals surface area contributed by atoms with E-state index < -0.39 is 17.7 Å². The Morgan fingerprint density at radius 2 is 1.87 bits per heavy atom. The second-order valence-electron chi connectivity index (χ2n) is 6.76. The van der Waals surface area contributed by atoms with Gasteiger partial charge in [-0.1, -0.05) is 41.6 Å². The molecule has 4 rings (SSSR count). The van der Waals surface area contributed by atoms with Crippen molar-refractivity contribution in [1.82, 2.24) is 5.16 Å². The van der Waals surface area contributed by atoms with Gasteiger partial charge in [-0.25, -0.2) is 0 Å². The molecule has 30 heavy (non-hydrogen) atoms. The molecule has 1 aliphatic heterocycles. The lowest BCUT2D eigenvalue weighted by molar-refractivity contribution is -0.132. The third kappa shape index (κ3) is 3.08. The van der Waals surface area contributed by atoms with Gasteiger partial charge in [0, 0.05) is 11.6 Å². The number of carbonyl (C=O) groups excluding carboxylic acids is 2. The first-order valence-corrected chi connectivity index (χ1v) is 9.09. The normalized spacial score (nSPS) is 18.1. The summed E-state index contributed by atoms with van der Waals surface area (Å²) >= 11 is 0. The molecule has 8 heteroatoms. The fourth-order valence-corrected chi connectivity index (χ4v) is 3.47. The molecule has 1 aromatic heterocycles. The Morgan fingerprint density at radius 3 is 2.50 bits per heavy atom. The van der Waals surface area contributed by atoms with Crippen molar-refractivity contribution in [2.24, 2.45) is 0 Å². The maximum atomic E-state index is 13.0. The highest BCUT2D eigenvalue weighted by Crippen LogP contribution is 2.43. The topological polar surface area (TPSA) is 113 Å². The lowest BCUT2D eigenvalue weighted by Gasteiger charge is -2.23. The minimum Gasteiger partial charge on any atom is -0.507 e. The number of aromatic hydroxyl groups is 1. The molecule has 2 heterocycles. The summed E-state index contributed by atoms with van der Waals surface area (Å²) in [5.74, 6) is -1.36. The fourth-order valence-electron chi connectivity index (χ4n) is 3.47. The number of ketones is 1. The van der Waals surface area contributed by atoms with Gasteiger partial charge in [0.1, 0.15) is 11.5 Å². The molecule has 2 N–H and O–H groups in total. The molecule has 1 aliphatic rings. The summed E-state index contributed by atoms with van der Waals surface area (Å²) in [6, 6.07) is 13.4. The van der Waals surface area contributed by atoms with E-state index in [2.05, 4.69) is 5.16 Å². The van der Waals surface area contributed by atoms with E-state index in [1.165, 1.54) is 30.2 Å². The summed E-state index contributed by atoms with van der Waals surface area (Å²) < 4.78 is 10.3. The molecule has 152 valence electrons. The predicted molar refractivity (Wildman–Crippen MR) is 107 cm³/mol. The van der Waals surface area contributed by atoms with Gasteiger partial charge in [-0.2, -0.15) is 0 Å². The number of phenolic OH excluding ortho intramolecular Hbond substituents is 1. The maximum Gasteiger partial charge on any atom is 0.301 e. The fraction of sp³-hybridized carbons (Fsp3) is 0.136. The molecule has 1 fully saturated rings. The zero-order valence-electron chi connectivity index (χ0n) is 16.2. The van der Waals surface area contributed by atoms with Gasteiger partial charge in [-0.05, 0) is 24.6 Å². The van der Waals surface area contributed by atoms with Crippen LogP contribution in [0.5, 0.6) is 11.5 Å². The molecule has 0 saturated carbocycles. The van der Waals surface area contributed by atoms with E-state index in [-0.39, 0.29) is 28.6 Å². The van der Waals surface area contributed by atoms with Crippen LogP contribution in [0, 0.1) is 6.92 Å². The van der Waals surface area contributed by atoms with Crippen molar-refractivity contribution in [3.05, 3.63) is 77.1 Å². The van der Waals surface area contributed by atoms with E-state index in [4.69, 9.17) is 9.26 Å². The lowest BCUT2D eigenvalue weighted by Crippen LogP contribution is -2.29. The molecule has 0 bridgehead atoms.